The van der Waals surface area contributed by atoms with E-state index in [2.05, 4.69) is 5.32 Å². The number of phenolic OH excluding ortho intramolecular Hbond substituents is 1. The average Bonchev–Trinajstić information content (AvgIpc) is 2.64. The summed E-state index contributed by atoms with van der Waals surface area (Å²) in [4.78, 5) is 24.7. The van der Waals surface area contributed by atoms with Crippen LogP contribution in [0.2, 0.25) is 0 Å². The second kappa shape index (κ2) is 6.79. The number of benzene rings is 3. The number of amides is 1. The molecule has 0 aliphatic rings. The van der Waals surface area contributed by atoms with Crippen LogP contribution in [0.15, 0.2) is 78.9 Å². The number of carbonyl (C=O) groups excluding carboxylic acids is 2. The number of hydrogen-bond donors (Lipinski definition) is 2. The van der Waals surface area contributed by atoms with E-state index in [1.807, 2.05) is 12.1 Å². The van der Waals surface area contributed by atoms with Gasteiger partial charge in [0.1, 0.15) is 5.75 Å². The third-order valence-corrected chi connectivity index (χ3v) is 3.58. The van der Waals surface area contributed by atoms with E-state index in [1.165, 1.54) is 18.2 Å². The molecule has 0 saturated heterocycles. The fraction of sp³-hybridized carbons (Fsp3) is 0. The van der Waals surface area contributed by atoms with Crippen LogP contribution in [0, 0.1) is 0 Å². The molecule has 0 aliphatic carbocycles. The summed E-state index contributed by atoms with van der Waals surface area (Å²) in [5.41, 5.74) is 1.60. The van der Waals surface area contributed by atoms with E-state index in [0.29, 0.717) is 16.7 Å². The van der Waals surface area contributed by atoms with Crippen LogP contribution in [0.5, 0.6) is 5.75 Å². The lowest BCUT2D eigenvalue weighted by Crippen LogP contribution is -2.12. The lowest BCUT2D eigenvalue weighted by atomic mass is 10.0. The number of carbonyl (C=O) groups is 2. The minimum atomic E-state index is -0.352. The molecule has 0 spiro atoms. The van der Waals surface area contributed by atoms with Gasteiger partial charge in [0.25, 0.3) is 5.91 Å². The Bertz CT molecular complexity index is 874. The van der Waals surface area contributed by atoms with Crippen LogP contribution in [-0.2, 0) is 0 Å². The first kappa shape index (κ1) is 15.5. The van der Waals surface area contributed by atoms with Crippen LogP contribution in [0.4, 0.5) is 5.69 Å². The SMILES string of the molecule is O=C(Nc1cc(C(=O)c2ccccc2)ccc1O)c1ccccc1. The number of rotatable bonds is 4. The van der Waals surface area contributed by atoms with Gasteiger partial charge in [0.2, 0.25) is 0 Å². The van der Waals surface area contributed by atoms with Crippen LogP contribution in [0.25, 0.3) is 0 Å². The van der Waals surface area contributed by atoms with Crippen molar-refractivity contribution in [3.8, 4) is 5.75 Å². The monoisotopic (exact) mass is 317 g/mol. The molecule has 0 radical (unpaired) electrons. The Hall–Kier alpha value is -3.40. The molecule has 0 atom stereocenters. The molecule has 4 nitrogen and oxygen atoms in total. The maximum absolute atomic E-state index is 12.5. The van der Waals surface area contributed by atoms with Gasteiger partial charge in [-0.15, -0.1) is 0 Å². The predicted molar refractivity (Wildman–Crippen MR) is 92.4 cm³/mol. The minimum absolute atomic E-state index is 0.0936. The van der Waals surface area contributed by atoms with Crippen molar-refractivity contribution in [2.75, 3.05) is 5.32 Å². The Labute approximate surface area is 139 Å². The molecule has 3 rings (SSSR count). The van der Waals surface area contributed by atoms with Crippen molar-refractivity contribution in [2.45, 2.75) is 0 Å². The van der Waals surface area contributed by atoms with Crippen molar-refractivity contribution < 1.29 is 14.7 Å². The molecule has 0 fully saturated rings. The second-order valence-corrected chi connectivity index (χ2v) is 5.25. The highest BCUT2D eigenvalue weighted by molar-refractivity contribution is 6.11. The first-order chi connectivity index (χ1) is 11.6. The van der Waals surface area contributed by atoms with Crippen LogP contribution in [-0.4, -0.2) is 16.8 Å². The van der Waals surface area contributed by atoms with Gasteiger partial charge >= 0.3 is 0 Å². The molecule has 1 amide bonds. The zero-order chi connectivity index (χ0) is 16.9. The lowest BCUT2D eigenvalue weighted by Gasteiger charge is -2.09. The third kappa shape index (κ3) is 3.33. The molecule has 0 aromatic heterocycles. The highest BCUT2D eigenvalue weighted by Crippen LogP contribution is 2.26. The summed E-state index contributed by atoms with van der Waals surface area (Å²) in [6, 6.07) is 21.9. The number of aromatic hydroxyl groups is 1. The van der Waals surface area contributed by atoms with Gasteiger partial charge < -0.3 is 10.4 Å². The summed E-state index contributed by atoms with van der Waals surface area (Å²) in [6.45, 7) is 0. The molecule has 24 heavy (non-hydrogen) atoms. The molecule has 118 valence electrons. The van der Waals surface area contributed by atoms with Gasteiger partial charge in [0.15, 0.2) is 5.78 Å². The van der Waals surface area contributed by atoms with Gasteiger partial charge in [-0.3, -0.25) is 9.59 Å². The molecule has 0 aliphatic heterocycles. The Morgan fingerprint density at radius 3 is 1.92 bits per heavy atom. The van der Waals surface area contributed by atoms with E-state index >= 15 is 0 Å². The summed E-state index contributed by atoms with van der Waals surface area (Å²) in [5, 5.41) is 12.6. The molecule has 0 unspecified atom stereocenters. The molecular weight excluding hydrogens is 302 g/mol. The topological polar surface area (TPSA) is 66.4 Å². The summed E-state index contributed by atoms with van der Waals surface area (Å²) in [5.74, 6) is -0.620. The van der Waals surface area contributed by atoms with Crippen LogP contribution in [0.1, 0.15) is 26.3 Å². The number of anilines is 1. The highest BCUT2D eigenvalue weighted by atomic mass is 16.3. The van der Waals surface area contributed by atoms with Gasteiger partial charge in [0, 0.05) is 16.7 Å². The lowest BCUT2D eigenvalue weighted by molar-refractivity contribution is 0.102. The predicted octanol–water partition coefficient (Wildman–Crippen LogP) is 3.88. The van der Waals surface area contributed by atoms with Gasteiger partial charge in [-0.25, -0.2) is 0 Å². The van der Waals surface area contributed by atoms with E-state index in [1.54, 1.807) is 48.5 Å². The fourth-order valence-electron chi connectivity index (χ4n) is 2.32. The number of phenols is 1. The van der Waals surface area contributed by atoms with Gasteiger partial charge in [0.05, 0.1) is 5.69 Å². The van der Waals surface area contributed by atoms with Crippen molar-refractivity contribution in [1.29, 1.82) is 0 Å². The Balaban J connectivity index is 1.87. The second-order valence-electron chi connectivity index (χ2n) is 5.25. The van der Waals surface area contributed by atoms with Crippen LogP contribution in [0.3, 0.4) is 0 Å². The van der Waals surface area contributed by atoms with Gasteiger partial charge in [-0.2, -0.15) is 0 Å². The molecular formula is C20H15NO3. The first-order valence-corrected chi connectivity index (χ1v) is 7.44. The van der Waals surface area contributed by atoms with Crippen molar-refractivity contribution in [2.24, 2.45) is 0 Å². The summed E-state index contributed by atoms with van der Waals surface area (Å²) in [7, 11) is 0. The summed E-state index contributed by atoms with van der Waals surface area (Å²) in [6.07, 6.45) is 0. The van der Waals surface area contributed by atoms with Crippen molar-refractivity contribution in [3.05, 3.63) is 95.6 Å². The molecule has 2 N–H and O–H groups in total. The summed E-state index contributed by atoms with van der Waals surface area (Å²) < 4.78 is 0. The molecule has 0 bridgehead atoms. The standard InChI is InChI=1S/C20H15NO3/c22-18-12-11-16(19(23)14-7-3-1-4-8-14)13-17(18)21-20(24)15-9-5-2-6-10-15/h1-13,22H,(H,21,24). The Morgan fingerprint density at radius 2 is 1.29 bits per heavy atom. The van der Waals surface area contributed by atoms with E-state index in [9.17, 15) is 14.7 Å². The molecule has 0 saturated carbocycles. The smallest absolute Gasteiger partial charge is 0.255 e. The number of nitrogens with one attached hydrogen (secondary N) is 1. The van der Waals surface area contributed by atoms with Crippen LogP contribution < -0.4 is 5.32 Å². The first-order valence-electron chi connectivity index (χ1n) is 7.44. The number of ketones is 1. The van der Waals surface area contributed by atoms with E-state index in [0.717, 1.165) is 0 Å². The molecule has 3 aromatic rings. The van der Waals surface area contributed by atoms with Gasteiger partial charge in [-0.05, 0) is 30.3 Å². The van der Waals surface area contributed by atoms with Crippen molar-refractivity contribution >= 4 is 17.4 Å². The van der Waals surface area contributed by atoms with Crippen LogP contribution >= 0.6 is 0 Å². The quantitative estimate of drug-likeness (QED) is 0.567. The molecule has 0 heterocycles. The Kier molecular flexibility index (Phi) is 4.38. The normalized spacial score (nSPS) is 10.2. The van der Waals surface area contributed by atoms with E-state index < -0.39 is 0 Å². The van der Waals surface area contributed by atoms with E-state index in [-0.39, 0.29) is 23.1 Å². The zero-order valence-electron chi connectivity index (χ0n) is 12.8. The third-order valence-electron chi connectivity index (χ3n) is 3.58. The number of hydrogen-bond acceptors (Lipinski definition) is 3. The van der Waals surface area contributed by atoms with E-state index in [4.69, 9.17) is 0 Å². The molecule has 3 aromatic carbocycles. The largest absolute Gasteiger partial charge is 0.506 e. The highest BCUT2D eigenvalue weighted by Gasteiger charge is 2.13. The van der Waals surface area contributed by atoms with Crippen molar-refractivity contribution in [1.82, 2.24) is 0 Å². The maximum Gasteiger partial charge on any atom is 0.255 e. The fourth-order valence-corrected chi connectivity index (χ4v) is 2.32. The zero-order valence-corrected chi connectivity index (χ0v) is 12.8. The minimum Gasteiger partial charge on any atom is -0.506 e. The maximum atomic E-state index is 12.5. The average molecular weight is 317 g/mol. The van der Waals surface area contributed by atoms with Gasteiger partial charge in [-0.1, -0.05) is 48.5 Å². The van der Waals surface area contributed by atoms with Crippen molar-refractivity contribution in [3.63, 3.8) is 0 Å². The Morgan fingerprint density at radius 1 is 0.708 bits per heavy atom. The molecule has 4 heteroatoms. The summed E-state index contributed by atoms with van der Waals surface area (Å²) >= 11 is 0.